The zero-order valence-corrected chi connectivity index (χ0v) is 25.0. The van der Waals surface area contributed by atoms with Crippen LogP contribution in [0.25, 0.3) is 5.57 Å². The van der Waals surface area contributed by atoms with Crippen molar-refractivity contribution < 1.29 is 14.6 Å². The predicted octanol–water partition coefficient (Wildman–Crippen LogP) is 9.73. The third-order valence-corrected chi connectivity index (χ3v) is 8.62. The fourth-order valence-electron chi connectivity index (χ4n) is 5.78. The average Bonchev–Trinajstić information content (AvgIpc) is 2.99. The van der Waals surface area contributed by atoms with Crippen molar-refractivity contribution in [3.05, 3.63) is 101 Å². The molecule has 0 spiro atoms. The van der Waals surface area contributed by atoms with Gasteiger partial charge in [0.25, 0.3) is 0 Å². The number of aliphatic hydroxyl groups excluding tert-OH is 1. The summed E-state index contributed by atoms with van der Waals surface area (Å²) in [5, 5.41) is 10.4. The van der Waals surface area contributed by atoms with Crippen molar-refractivity contribution in [2.45, 2.75) is 91.8 Å². The minimum Gasteiger partial charge on any atom is -0.488 e. The highest BCUT2D eigenvalue weighted by molar-refractivity contribution is 5.79. The molecule has 1 N–H and O–H groups in total. The van der Waals surface area contributed by atoms with Crippen LogP contribution in [-0.4, -0.2) is 11.7 Å². The molecular formula is C37H48O3. The molecule has 3 atom stereocenters. The van der Waals surface area contributed by atoms with Crippen molar-refractivity contribution in [3.8, 4) is 11.5 Å². The Morgan fingerprint density at radius 1 is 0.850 bits per heavy atom. The molecule has 214 valence electrons. The Bertz CT molecular complexity index is 1150. The van der Waals surface area contributed by atoms with Crippen LogP contribution in [0.15, 0.2) is 78.4 Å². The second-order valence-corrected chi connectivity index (χ2v) is 11.8. The Hall–Kier alpha value is -3.04. The van der Waals surface area contributed by atoms with Gasteiger partial charge in [-0.2, -0.15) is 0 Å². The maximum Gasteiger partial charge on any atom is 0.131 e. The summed E-state index contributed by atoms with van der Waals surface area (Å²) >= 11 is 0. The summed E-state index contributed by atoms with van der Waals surface area (Å²) in [6.45, 7) is 10.3. The number of rotatable bonds is 14. The molecule has 40 heavy (non-hydrogen) atoms. The summed E-state index contributed by atoms with van der Waals surface area (Å²) in [5.41, 5.74) is 6.87. The van der Waals surface area contributed by atoms with E-state index in [2.05, 4.69) is 88.4 Å². The van der Waals surface area contributed by atoms with E-state index in [4.69, 9.17) is 9.47 Å². The molecule has 3 aromatic rings. The first kappa shape index (κ1) is 29.9. The van der Waals surface area contributed by atoms with E-state index in [-0.39, 0.29) is 6.61 Å². The molecule has 0 bridgehead atoms. The number of hydrogen-bond acceptors (Lipinski definition) is 3. The van der Waals surface area contributed by atoms with Gasteiger partial charge in [0.2, 0.25) is 0 Å². The minimum atomic E-state index is 0.0743. The second kappa shape index (κ2) is 15.1. The molecule has 3 unspecified atom stereocenters. The molecule has 3 nitrogen and oxygen atoms in total. The molecule has 0 saturated carbocycles. The van der Waals surface area contributed by atoms with Crippen molar-refractivity contribution in [2.24, 2.45) is 11.8 Å². The summed E-state index contributed by atoms with van der Waals surface area (Å²) in [6, 6.07) is 25.2. The number of allylic oxidation sites excluding steroid dienone is 1. The Balaban J connectivity index is 1.79. The fourth-order valence-corrected chi connectivity index (χ4v) is 5.78. The molecule has 0 fully saturated rings. The highest BCUT2D eigenvalue weighted by atomic mass is 16.5. The normalized spacial score (nSPS) is 17.0. The van der Waals surface area contributed by atoms with Crippen molar-refractivity contribution in [3.63, 3.8) is 0 Å². The van der Waals surface area contributed by atoms with Crippen LogP contribution in [-0.2, 0) is 13.2 Å². The predicted molar refractivity (Wildman–Crippen MR) is 167 cm³/mol. The molecule has 0 amide bonds. The molecule has 0 radical (unpaired) electrons. The number of hydrogen-bond donors (Lipinski definition) is 1. The van der Waals surface area contributed by atoms with Gasteiger partial charge in [0.1, 0.15) is 24.7 Å². The molecule has 3 heteroatoms. The summed E-state index contributed by atoms with van der Waals surface area (Å²) < 4.78 is 13.3. The molecule has 4 rings (SSSR count). The van der Waals surface area contributed by atoms with Gasteiger partial charge >= 0.3 is 0 Å². The standard InChI is InChI=1S/C37H48O3/c1-5-6-9-14-28(3)29(4)33-22-35(39-25-30-15-10-7-11-16-30)37(34-21-27(2)19-20-32(34)24-38)36(23-33)40-26-31-17-12-8-13-18-31/h7-8,10-13,15-18,22-23,27-29,38H,5-6,9,14,19-21,24-26H2,1-4H3. The fraction of sp³-hybridized carbons (Fsp3) is 0.459. The zero-order valence-electron chi connectivity index (χ0n) is 25.0. The van der Waals surface area contributed by atoms with Gasteiger partial charge in [-0.05, 0) is 77.0 Å². The van der Waals surface area contributed by atoms with Gasteiger partial charge in [0.15, 0.2) is 0 Å². The molecule has 1 aliphatic rings. The van der Waals surface area contributed by atoms with Crippen LogP contribution in [0, 0.1) is 11.8 Å². The molecule has 0 aromatic heterocycles. The quantitative estimate of drug-likeness (QED) is 0.207. The summed E-state index contributed by atoms with van der Waals surface area (Å²) in [6.07, 6.45) is 7.93. The van der Waals surface area contributed by atoms with Gasteiger partial charge < -0.3 is 14.6 Å². The Kier molecular flexibility index (Phi) is 11.3. The van der Waals surface area contributed by atoms with Gasteiger partial charge in [-0.1, -0.05) is 114 Å². The third-order valence-electron chi connectivity index (χ3n) is 8.62. The van der Waals surface area contributed by atoms with Crippen LogP contribution in [0.4, 0.5) is 0 Å². The first-order valence-electron chi connectivity index (χ1n) is 15.3. The lowest BCUT2D eigenvalue weighted by molar-refractivity contribution is 0.285. The van der Waals surface area contributed by atoms with Crippen molar-refractivity contribution >= 4 is 5.57 Å². The Morgan fingerprint density at radius 3 is 1.95 bits per heavy atom. The van der Waals surface area contributed by atoms with Gasteiger partial charge in [-0.15, -0.1) is 0 Å². The Morgan fingerprint density at radius 2 is 1.43 bits per heavy atom. The molecular weight excluding hydrogens is 492 g/mol. The summed E-state index contributed by atoms with van der Waals surface area (Å²) in [4.78, 5) is 0. The summed E-state index contributed by atoms with van der Waals surface area (Å²) in [7, 11) is 0. The van der Waals surface area contributed by atoms with Gasteiger partial charge in [0, 0.05) is 0 Å². The number of aliphatic hydroxyl groups is 1. The lowest BCUT2D eigenvalue weighted by atomic mass is 9.80. The van der Waals surface area contributed by atoms with Crippen molar-refractivity contribution in [1.29, 1.82) is 0 Å². The Labute approximate surface area is 242 Å². The average molecular weight is 541 g/mol. The van der Waals surface area contributed by atoms with Crippen molar-refractivity contribution in [1.82, 2.24) is 0 Å². The first-order valence-corrected chi connectivity index (χ1v) is 15.3. The largest absolute Gasteiger partial charge is 0.488 e. The molecule has 0 heterocycles. The lowest BCUT2D eigenvalue weighted by Crippen LogP contribution is -2.13. The lowest BCUT2D eigenvalue weighted by Gasteiger charge is -2.29. The van der Waals surface area contributed by atoms with E-state index in [9.17, 15) is 5.11 Å². The SMILES string of the molecule is CCCCCC(C)C(C)c1cc(OCc2ccccc2)c(C2=C(CO)CCC(C)C2)c(OCc2ccccc2)c1. The number of unbranched alkanes of at least 4 members (excludes halogenated alkanes) is 2. The van der Waals surface area contributed by atoms with E-state index in [1.54, 1.807) is 0 Å². The molecule has 3 aromatic carbocycles. The smallest absolute Gasteiger partial charge is 0.131 e. The van der Waals surface area contributed by atoms with Crippen LogP contribution < -0.4 is 9.47 Å². The van der Waals surface area contributed by atoms with Crippen LogP contribution in [0.1, 0.15) is 101 Å². The van der Waals surface area contributed by atoms with Gasteiger partial charge in [-0.3, -0.25) is 0 Å². The van der Waals surface area contributed by atoms with E-state index in [1.165, 1.54) is 36.8 Å². The molecule has 0 saturated heterocycles. The molecule has 0 aliphatic heterocycles. The van der Waals surface area contributed by atoms with E-state index >= 15 is 0 Å². The van der Waals surface area contributed by atoms with Gasteiger partial charge in [-0.25, -0.2) is 0 Å². The maximum atomic E-state index is 10.4. The molecule has 1 aliphatic carbocycles. The summed E-state index contributed by atoms with van der Waals surface area (Å²) in [5.74, 6) is 3.22. The van der Waals surface area contributed by atoms with E-state index in [0.717, 1.165) is 53.0 Å². The van der Waals surface area contributed by atoms with Crippen LogP contribution in [0.3, 0.4) is 0 Å². The minimum absolute atomic E-state index is 0.0743. The van der Waals surface area contributed by atoms with E-state index < -0.39 is 0 Å². The maximum absolute atomic E-state index is 10.4. The third kappa shape index (κ3) is 8.01. The van der Waals surface area contributed by atoms with Crippen molar-refractivity contribution in [2.75, 3.05) is 6.61 Å². The van der Waals surface area contributed by atoms with E-state index in [1.807, 2.05) is 12.1 Å². The van der Waals surface area contributed by atoms with Crippen LogP contribution in [0.5, 0.6) is 11.5 Å². The topological polar surface area (TPSA) is 38.7 Å². The zero-order chi connectivity index (χ0) is 28.3. The van der Waals surface area contributed by atoms with Crippen LogP contribution >= 0.6 is 0 Å². The first-order chi connectivity index (χ1) is 19.5. The second-order valence-electron chi connectivity index (χ2n) is 11.8. The van der Waals surface area contributed by atoms with E-state index in [0.29, 0.717) is 31.0 Å². The number of ether oxygens (including phenoxy) is 2. The highest BCUT2D eigenvalue weighted by Crippen LogP contribution is 2.46. The highest BCUT2D eigenvalue weighted by Gasteiger charge is 2.27. The van der Waals surface area contributed by atoms with Gasteiger partial charge in [0.05, 0.1) is 12.2 Å². The monoisotopic (exact) mass is 540 g/mol. The van der Waals surface area contributed by atoms with Crippen LogP contribution in [0.2, 0.25) is 0 Å². The number of benzene rings is 3.